The highest BCUT2D eigenvalue weighted by Gasteiger charge is 2.35. The lowest BCUT2D eigenvalue weighted by molar-refractivity contribution is -0.131. The van der Waals surface area contributed by atoms with E-state index in [9.17, 15) is 9.90 Å². The quantitative estimate of drug-likeness (QED) is 0.764. The number of aliphatic hydroxyl groups excluding tert-OH is 1. The van der Waals surface area contributed by atoms with E-state index in [4.69, 9.17) is 4.52 Å². The number of aromatic nitrogens is 3. The van der Waals surface area contributed by atoms with Crippen molar-refractivity contribution in [1.82, 2.24) is 24.9 Å². The summed E-state index contributed by atoms with van der Waals surface area (Å²) in [6.07, 6.45) is 3.56. The first-order valence-electron chi connectivity index (χ1n) is 9.71. The van der Waals surface area contributed by atoms with Gasteiger partial charge in [-0.2, -0.15) is 0 Å². The van der Waals surface area contributed by atoms with Crippen molar-refractivity contribution in [1.29, 1.82) is 0 Å². The van der Waals surface area contributed by atoms with Gasteiger partial charge in [-0.3, -0.25) is 9.69 Å². The summed E-state index contributed by atoms with van der Waals surface area (Å²) in [5.74, 6) is 1.56. The van der Waals surface area contributed by atoms with E-state index in [1.54, 1.807) is 23.4 Å². The predicted octanol–water partition coefficient (Wildman–Crippen LogP) is -0.0430. The Labute approximate surface area is 163 Å². The molecule has 1 N–H and O–H groups in total. The highest BCUT2D eigenvalue weighted by molar-refractivity contribution is 5.78. The molecule has 0 bridgehead atoms. The Morgan fingerprint density at radius 2 is 1.96 bits per heavy atom. The van der Waals surface area contributed by atoms with Gasteiger partial charge < -0.3 is 19.4 Å². The van der Waals surface area contributed by atoms with Gasteiger partial charge in [0.15, 0.2) is 0 Å². The molecule has 0 radical (unpaired) electrons. The van der Waals surface area contributed by atoms with Crippen molar-refractivity contribution in [2.45, 2.75) is 19.4 Å². The number of aryl methyl sites for hydroxylation is 1. The second-order valence-corrected chi connectivity index (χ2v) is 7.58. The van der Waals surface area contributed by atoms with Crippen LogP contribution >= 0.6 is 0 Å². The molecule has 2 saturated heterocycles. The summed E-state index contributed by atoms with van der Waals surface area (Å²) in [6.45, 7) is 6.37. The van der Waals surface area contributed by atoms with Crippen LogP contribution in [0.3, 0.4) is 0 Å². The molecule has 0 aliphatic carbocycles. The van der Waals surface area contributed by atoms with Gasteiger partial charge in [0.05, 0.1) is 18.3 Å². The largest absolute Gasteiger partial charge is 0.391 e. The number of hydrogen-bond acceptors (Lipinski definition) is 8. The molecule has 2 atom stereocenters. The average molecular weight is 386 g/mol. The molecule has 2 aliphatic rings. The minimum Gasteiger partial charge on any atom is -0.391 e. The van der Waals surface area contributed by atoms with E-state index >= 15 is 0 Å². The summed E-state index contributed by atoms with van der Waals surface area (Å²) in [5.41, 5.74) is 0.829. The maximum absolute atomic E-state index is 12.7. The summed E-state index contributed by atoms with van der Waals surface area (Å²) in [7, 11) is 0. The van der Waals surface area contributed by atoms with Gasteiger partial charge in [-0.25, -0.2) is 9.97 Å². The zero-order chi connectivity index (χ0) is 19.5. The van der Waals surface area contributed by atoms with Crippen LogP contribution in [0.4, 0.5) is 5.95 Å². The van der Waals surface area contributed by atoms with Crippen LogP contribution in [0, 0.1) is 12.8 Å². The number of hydrogen-bond donors (Lipinski definition) is 1. The van der Waals surface area contributed by atoms with Crippen LogP contribution < -0.4 is 4.90 Å². The molecule has 9 nitrogen and oxygen atoms in total. The maximum atomic E-state index is 12.7. The van der Waals surface area contributed by atoms with Crippen LogP contribution in [-0.2, 0) is 11.2 Å². The third-order valence-electron chi connectivity index (χ3n) is 5.47. The van der Waals surface area contributed by atoms with Gasteiger partial charge in [0.25, 0.3) is 0 Å². The second-order valence-electron chi connectivity index (χ2n) is 7.58. The summed E-state index contributed by atoms with van der Waals surface area (Å²) < 4.78 is 5.25. The number of amides is 1. The third-order valence-corrected chi connectivity index (χ3v) is 5.47. The van der Waals surface area contributed by atoms with E-state index in [2.05, 4.69) is 24.9 Å². The lowest BCUT2D eigenvalue weighted by Gasteiger charge is -2.34. The maximum Gasteiger partial charge on any atom is 0.236 e. The summed E-state index contributed by atoms with van der Waals surface area (Å²) in [6, 6.07) is 3.69. The topological polar surface area (TPSA) is 98.8 Å². The molecule has 0 aromatic carbocycles. The van der Waals surface area contributed by atoms with Gasteiger partial charge in [-0.15, -0.1) is 0 Å². The first kappa shape index (κ1) is 18.8. The standard InChI is InChI=1S/C19H26N6O3/c1-14-9-16(28-22-14)10-15-11-25(12-17(15)26)18(27)13-23-5-7-24(8-6-23)19-20-3-2-4-21-19/h2-4,9,15,17,26H,5-8,10-13H2,1H3/t15-,17-/m1/s1. The van der Waals surface area contributed by atoms with E-state index in [0.717, 1.165) is 43.6 Å². The summed E-state index contributed by atoms with van der Waals surface area (Å²) >= 11 is 0. The molecule has 4 heterocycles. The molecule has 2 aromatic heterocycles. The fraction of sp³-hybridized carbons (Fsp3) is 0.579. The average Bonchev–Trinajstić information content (AvgIpc) is 3.29. The number of nitrogens with zero attached hydrogens (tertiary/aromatic N) is 6. The number of anilines is 1. The molecule has 0 saturated carbocycles. The lowest BCUT2D eigenvalue weighted by atomic mass is 10.0. The number of β-amino-alcohol motifs (C(OH)–C–C–N with tert-alkyl or cyclic N) is 1. The Morgan fingerprint density at radius 1 is 1.21 bits per heavy atom. The van der Waals surface area contributed by atoms with Crippen LogP contribution in [0.15, 0.2) is 29.0 Å². The molecule has 150 valence electrons. The molecule has 1 amide bonds. The third kappa shape index (κ3) is 4.31. The van der Waals surface area contributed by atoms with Crippen LogP contribution in [-0.4, -0.2) is 87.9 Å². The van der Waals surface area contributed by atoms with Crippen molar-refractivity contribution in [2.75, 3.05) is 50.7 Å². The van der Waals surface area contributed by atoms with Crippen molar-refractivity contribution >= 4 is 11.9 Å². The Kier molecular flexibility index (Phi) is 5.54. The number of piperazine rings is 1. The fourth-order valence-electron chi connectivity index (χ4n) is 3.88. The molecule has 9 heteroatoms. The van der Waals surface area contributed by atoms with Gasteiger partial charge in [0.2, 0.25) is 11.9 Å². The lowest BCUT2D eigenvalue weighted by Crippen LogP contribution is -2.50. The van der Waals surface area contributed by atoms with Crippen molar-refractivity contribution in [3.8, 4) is 0 Å². The van der Waals surface area contributed by atoms with Crippen molar-refractivity contribution in [2.24, 2.45) is 5.92 Å². The zero-order valence-corrected chi connectivity index (χ0v) is 16.1. The number of carbonyl (C=O) groups is 1. The monoisotopic (exact) mass is 386 g/mol. The van der Waals surface area contributed by atoms with Crippen LogP contribution in [0.25, 0.3) is 0 Å². The smallest absolute Gasteiger partial charge is 0.236 e. The fourth-order valence-corrected chi connectivity index (χ4v) is 3.88. The second kappa shape index (κ2) is 8.24. The van der Waals surface area contributed by atoms with E-state index < -0.39 is 6.10 Å². The van der Waals surface area contributed by atoms with E-state index in [1.165, 1.54) is 0 Å². The minimum atomic E-state index is -0.526. The van der Waals surface area contributed by atoms with E-state index in [0.29, 0.717) is 26.1 Å². The zero-order valence-electron chi connectivity index (χ0n) is 16.1. The molecule has 2 fully saturated rings. The van der Waals surface area contributed by atoms with Crippen molar-refractivity contribution < 1.29 is 14.4 Å². The van der Waals surface area contributed by atoms with Crippen molar-refractivity contribution in [3.05, 3.63) is 36.0 Å². The van der Waals surface area contributed by atoms with Crippen LogP contribution in [0.5, 0.6) is 0 Å². The Morgan fingerprint density at radius 3 is 2.64 bits per heavy atom. The van der Waals surface area contributed by atoms with Crippen LogP contribution in [0.2, 0.25) is 0 Å². The molecular weight excluding hydrogens is 360 g/mol. The first-order valence-corrected chi connectivity index (χ1v) is 9.71. The van der Waals surface area contributed by atoms with Crippen molar-refractivity contribution in [3.63, 3.8) is 0 Å². The van der Waals surface area contributed by atoms with Gasteiger partial charge in [-0.05, 0) is 13.0 Å². The Bertz CT molecular complexity index is 790. The molecule has 0 spiro atoms. The highest BCUT2D eigenvalue weighted by Crippen LogP contribution is 2.22. The number of likely N-dealkylation sites (tertiary alicyclic amines) is 1. The van der Waals surface area contributed by atoms with Gasteiger partial charge >= 0.3 is 0 Å². The highest BCUT2D eigenvalue weighted by atomic mass is 16.5. The molecule has 0 unspecified atom stereocenters. The predicted molar refractivity (Wildman–Crippen MR) is 102 cm³/mol. The van der Waals surface area contributed by atoms with E-state index in [1.807, 2.05) is 13.0 Å². The SMILES string of the molecule is Cc1cc(C[C@@H]2CN(C(=O)CN3CCN(c4ncccn4)CC3)C[C@H]2O)on1. The normalized spacial score (nSPS) is 23.4. The number of rotatable bonds is 5. The first-order chi connectivity index (χ1) is 13.6. The number of carbonyl (C=O) groups excluding carboxylic acids is 1. The molecular formula is C19H26N6O3. The van der Waals surface area contributed by atoms with Gasteiger partial charge in [0, 0.05) is 70.1 Å². The molecule has 4 rings (SSSR count). The Hall–Kier alpha value is -2.52. The van der Waals surface area contributed by atoms with Crippen LogP contribution in [0.1, 0.15) is 11.5 Å². The summed E-state index contributed by atoms with van der Waals surface area (Å²) in [4.78, 5) is 27.3. The minimum absolute atomic E-state index is 0.0108. The number of aliphatic hydroxyl groups is 1. The van der Waals surface area contributed by atoms with E-state index in [-0.39, 0.29) is 11.8 Å². The van der Waals surface area contributed by atoms with Gasteiger partial charge in [0.1, 0.15) is 5.76 Å². The summed E-state index contributed by atoms with van der Waals surface area (Å²) in [5, 5.41) is 14.2. The Balaban J connectivity index is 1.25. The molecule has 2 aliphatic heterocycles. The molecule has 2 aromatic rings. The van der Waals surface area contributed by atoms with Gasteiger partial charge in [-0.1, -0.05) is 5.16 Å². The molecule has 28 heavy (non-hydrogen) atoms.